The van der Waals surface area contributed by atoms with Gasteiger partial charge in [-0.05, 0) is 42.9 Å². The van der Waals surface area contributed by atoms with Crippen molar-refractivity contribution >= 4 is 17.5 Å². The summed E-state index contributed by atoms with van der Waals surface area (Å²) in [5.41, 5.74) is 1.19. The number of amides is 1. The van der Waals surface area contributed by atoms with Gasteiger partial charge in [0.1, 0.15) is 11.9 Å². The SMILES string of the molecule is Cn1ccnc1[C@H]1OCCC[C@@H]1NC(=O)[C@@H]1C[C@H]1c1ccc(Cl)cc1. The molecule has 1 saturated carbocycles. The van der Waals surface area contributed by atoms with Crippen LogP contribution in [0.4, 0.5) is 0 Å². The number of nitrogens with zero attached hydrogens (tertiary/aromatic N) is 2. The number of hydrogen-bond donors (Lipinski definition) is 1. The smallest absolute Gasteiger partial charge is 0.224 e. The summed E-state index contributed by atoms with van der Waals surface area (Å²) in [6, 6.07) is 7.78. The number of carbonyl (C=O) groups excluding carboxylic acids is 1. The molecule has 1 aromatic heterocycles. The molecule has 2 aliphatic rings. The van der Waals surface area contributed by atoms with Crippen LogP contribution in [0, 0.1) is 5.92 Å². The number of rotatable bonds is 4. The van der Waals surface area contributed by atoms with E-state index in [0.717, 1.165) is 30.1 Å². The molecule has 6 heteroatoms. The Morgan fingerprint density at radius 1 is 1.36 bits per heavy atom. The van der Waals surface area contributed by atoms with E-state index in [1.807, 2.05) is 42.1 Å². The van der Waals surface area contributed by atoms with Crippen molar-refractivity contribution in [1.82, 2.24) is 14.9 Å². The zero-order valence-corrected chi connectivity index (χ0v) is 14.9. The predicted octanol–water partition coefficient (Wildman–Crippen LogP) is 3.21. The van der Waals surface area contributed by atoms with Crippen molar-refractivity contribution in [2.75, 3.05) is 6.61 Å². The molecule has 25 heavy (non-hydrogen) atoms. The molecular formula is C19H22ClN3O2. The quantitative estimate of drug-likeness (QED) is 0.911. The molecule has 1 aliphatic heterocycles. The van der Waals surface area contributed by atoms with Crippen molar-refractivity contribution in [3.63, 3.8) is 0 Å². The second kappa shape index (κ2) is 6.81. The third kappa shape index (κ3) is 3.44. The van der Waals surface area contributed by atoms with Gasteiger partial charge >= 0.3 is 0 Å². The second-order valence-corrected chi connectivity index (χ2v) is 7.38. The Kier molecular flexibility index (Phi) is 4.52. The number of nitrogens with one attached hydrogen (secondary N) is 1. The maximum atomic E-state index is 12.7. The summed E-state index contributed by atoms with van der Waals surface area (Å²) >= 11 is 5.94. The molecule has 1 saturated heterocycles. The van der Waals surface area contributed by atoms with E-state index in [4.69, 9.17) is 16.3 Å². The van der Waals surface area contributed by atoms with Gasteiger partial charge in [-0.25, -0.2) is 4.98 Å². The highest BCUT2D eigenvalue weighted by molar-refractivity contribution is 6.30. The number of imidazole rings is 1. The maximum absolute atomic E-state index is 12.7. The van der Waals surface area contributed by atoms with E-state index in [-0.39, 0.29) is 24.0 Å². The largest absolute Gasteiger partial charge is 0.368 e. The summed E-state index contributed by atoms with van der Waals surface area (Å²) in [4.78, 5) is 17.1. The summed E-state index contributed by atoms with van der Waals surface area (Å²) in [5, 5.41) is 3.94. The van der Waals surface area contributed by atoms with Crippen molar-refractivity contribution in [3.05, 3.63) is 53.1 Å². The minimum atomic E-state index is -0.176. The molecule has 0 spiro atoms. The molecule has 0 radical (unpaired) electrons. The summed E-state index contributed by atoms with van der Waals surface area (Å²) in [6.45, 7) is 0.709. The van der Waals surface area contributed by atoms with Crippen LogP contribution in [0.25, 0.3) is 0 Å². The second-order valence-electron chi connectivity index (χ2n) is 6.95. The van der Waals surface area contributed by atoms with Gasteiger partial charge in [-0.1, -0.05) is 23.7 Å². The molecule has 5 nitrogen and oxygen atoms in total. The minimum Gasteiger partial charge on any atom is -0.368 e. The number of hydrogen-bond acceptors (Lipinski definition) is 3. The van der Waals surface area contributed by atoms with Crippen molar-refractivity contribution in [2.45, 2.75) is 37.3 Å². The van der Waals surface area contributed by atoms with E-state index < -0.39 is 0 Å². The van der Waals surface area contributed by atoms with E-state index in [2.05, 4.69) is 10.3 Å². The topological polar surface area (TPSA) is 56.1 Å². The highest BCUT2D eigenvalue weighted by Gasteiger charge is 2.45. The predicted molar refractivity (Wildman–Crippen MR) is 95.4 cm³/mol. The van der Waals surface area contributed by atoms with Gasteiger partial charge in [-0.3, -0.25) is 4.79 Å². The maximum Gasteiger partial charge on any atom is 0.224 e. The van der Waals surface area contributed by atoms with Gasteiger partial charge in [0.25, 0.3) is 0 Å². The van der Waals surface area contributed by atoms with Crippen LogP contribution in [-0.2, 0) is 16.6 Å². The van der Waals surface area contributed by atoms with E-state index in [1.165, 1.54) is 5.56 Å². The first-order valence-electron chi connectivity index (χ1n) is 8.78. The van der Waals surface area contributed by atoms with Crippen molar-refractivity contribution < 1.29 is 9.53 Å². The van der Waals surface area contributed by atoms with Gasteiger partial charge in [0.2, 0.25) is 5.91 Å². The Labute approximate surface area is 152 Å². The fraction of sp³-hybridized carbons (Fsp3) is 0.474. The monoisotopic (exact) mass is 359 g/mol. The van der Waals surface area contributed by atoms with Crippen LogP contribution in [0.5, 0.6) is 0 Å². The first-order valence-corrected chi connectivity index (χ1v) is 9.16. The van der Waals surface area contributed by atoms with E-state index >= 15 is 0 Å². The lowest BCUT2D eigenvalue weighted by Gasteiger charge is -2.32. The molecule has 0 bridgehead atoms. The molecule has 2 fully saturated rings. The van der Waals surface area contributed by atoms with Crippen molar-refractivity contribution in [2.24, 2.45) is 13.0 Å². The third-order valence-electron chi connectivity index (χ3n) is 5.19. The summed E-state index contributed by atoms with van der Waals surface area (Å²) < 4.78 is 7.89. The van der Waals surface area contributed by atoms with Gasteiger partial charge in [-0.15, -0.1) is 0 Å². The lowest BCUT2D eigenvalue weighted by Crippen LogP contribution is -2.44. The third-order valence-corrected chi connectivity index (χ3v) is 5.44. The Morgan fingerprint density at radius 2 is 2.16 bits per heavy atom. The van der Waals surface area contributed by atoms with Crippen LogP contribution in [0.1, 0.15) is 42.7 Å². The minimum absolute atomic E-state index is 0.0196. The molecule has 1 aromatic carbocycles. The van der Waals surface area contributed by atoms with Gasteiger partial charge < -0.3 is 14.6 Å². The molecule has 1 aliphatic carbocycles. The van der Waals surface area contributed by atoms with E-state index in [0.29, 0.717) is 12.5 Å². The fourth-order valence-electron chi connectivity index (χ4n) is 3.69. The molecule has 4 atom stereocenters. The van der Waals surface area contributed by atoms with Crippen molar-refractivity contribution in [3.8, 4) is 0 Å². The lowest BCUT2D eigenvalue weighted by atomic mass is 10.0. The van der Waals surface area contributed by atoms with Crippen LogP contribution in [0.2, 0.25) is 5.02 Å². The van der Waals surface area contributed by atoms with Crippen molar-refractivity contribution in [1.29, 1.82) is 0 Å². The van der Waals surface area contributed by atoms with Gasteiger partial charge in [0.15, 0.2) is 0 Å². The van der Waals surface area contributed by atoms with Crippen LogP contribution < -0.4 is 5.32 Å². The zero-order chi connectivity index (χ0) is 17.4. The number of ether oxygens (including phenoxy) is 1. The Hall–Kier alpha value is -1.85. The van der Waals surface area contributed by atoms with Crippen LogP contribution in [-0.4, -0.2) is 28.1 Å². The normalized spacial score (nSPS) is 28.6. The van der Waals surface area contributed by atoms with Crippen LogP contribution >= 0.6 is 11.6 Å². The molecule has 1 amide bonds. The molecule has 2 aromatic rings. The van der Waals surface area contributed by atoms with E-state index in [9.17, 15) is 4.79 Å². The highest BCUT2D eigenvalue weighted by atomic mass is 35.5. The Morgan fingerprint density at radius 3 is 2.88 bits per heavy atom. The average molecular weight is 360 g/mol. The highest BCUT2D eigenvalue weighted by Crippen LogP contribution is 2.48. The van der Waals surface area contributed by atoms with Crippen LogP contribution in [0.3, 0.4) is 0 Å². The number of carbonyl (C=O) groups is 1. The Bertz CT molecular complexity index is 758. The number of aryl methyl sites for hydroxylation is 1. The Balaban J connectivity index is 1.41. The summed E-state index contributed by atoms with van der Waals surface area (Å²) in [7, 11) is 1.95. The molecule has 2 heterocycles. The van der Waals surface area contributed by atoms with Crippen LogP contribution in [0.15, 0.2) is 36.7 Å². The number of aromatic nitrogens is 2. The molecule has 0 unspecified atom stereocenters. The molecule has 132 valence electrons. The number of benzene rings is 1. The fourth-order valence-corrected chi connectivity index (χ4v) is 3.81. The number of halogens is 1. The van der Waals surface area contributed by atoms with Gasteiger partial charge in [0, 0.05) is 37.0 Å². The summed E-state index contributed by atoms with van der Waals surface area (Å²) in [5.74, 6) is 1.34. The molecular weight excluding hydrogens is 338 g/mol. The average Bonchev–Trinajstić information content (AvgIpc) is 3.31. The lowest BCUT2D eigenvalue weighted by molar-refractivity contribution is -0.125. The molecule has 1 N–H and O–H groups in total. The van der Waals surface area contributed by atoms with Gasteiger partial charge in [0.05, 0.1) is 6.04 Å². The molecule has 4 rings (SSSR count). The first kappa shape index (κ1) is 16.6. The standard InChI is InChI=1S/C19H22ClN3O2/c1-23-9-8-21-18(23)17-16(3-2-10-25-17)22-19(24)15-11-14(15)12-4-6-13(20)7-5-12/h4-9,14-17H,2-3,10-11H2,1H3,(H,22,24)/t14-,15+,16-,17-/m0/s1. The first-order chi connectivity index (χ1) is 12.1. The van der Waals surface area contributed by atoms with Gasteiger partial charge in [-0.2, -0.15) is 0 Å². The van der Waals surface area contributed by atoms with E-state index in [1.54, 1.807) is 6.20 Å². The zero-order valence-electron chi connectivity index (χ0n) is 14.2. The summed E-state index contributed by atoms with van der Waals surface area (Å²) in [6.07, 6.45) is 6.27.